The van der Waals surface area contributed by atoms with E-state index in [1.807, 2.05) is 6.92 Å². The first-order valence-corrected chi connectivity index (χ1v) is 7.72. The second-order valence-electron chi connectivity index (χ2n) is 4.59. The lowest BCUT2D eigenvalue weighted by atomic mass is 10.1. The van der Waals surface area contributed by atoms with Crippen LogP contribution >= 0.6 is 12.6 Å². The monoisotopic (exact) mass is 308 g/mol. The number of thiol groups is 1. The van der Waals surface area contributed by atoms with Gasteiger partial charge in [0.25, 0.3) is 0 Å². The zero-order chi connectivity index (χ0) is 15.1. The summed E-state index contributed by atoms with van der Waals surface area (Å²) in [5, 5.41) is 8.76. The van der Waals surface area contributed by atoms with Gasteiger partial charge >= 0.3 is 0 Å². The van der Waals surface area contributed by atoms with E-state index in [4.69, 9.17) is 19.3 Å². The van der Waals surface area contributed by atoms with Gasteiger partial charge in [-0.05, 0) is 18.1 Å². The highest BCUT2D eigenvalue weighted by Crippen LogP contribution is 2.06. The van der Waals surface area contributed by atoms with Crippen LogP contribution in [0.4, 0.5) is 0 Å². The maximum atomic E-state index is 11.5. The Morgan fingerprint density at radius 1 is 1.00 bits per heavy atom. The number of ether oxygens (including phenoxy) is 3. The van der Waals surface area contributed by atoms with E-state index in [1.165, 1.54) is 0 Å². The van der Waals surface area contributed by atoms with Gasteiger partial charge in [-0.25, -0.2) is 0 Å². The smallest absolute Gasteiger partial charge is 0.133 e. The Kier molecular flexibility index (Phi) is 15.1. The van der Waals surface area contributed by atoms with Gasteiger partial charge in [-0.2, -0.15) is 12.6 Å². The number of aliphatic hydroxyl groups excluding tert-OH is 1. The van der Waals surface area contributed by atoms with Gasteiger partial charge in [-0.1, -0.05) is 6.92 Å². The number of carbonyl (C=O) groups excluding carboxylic acids is 1. The summed E-state index contributed by atoms with van der Waals surface area (Å²) in [6.45, 7) is 5.01. The molecule has 1 atom stereocenters. The highest BCUT2D eigenvalue weighted by atomic mass is 32.1. The molecule has 0 heterocycles. The van der Waals surface area contributed by atoms with Crippen LogP contribution in [0.25, 0.3) is 0 Å². The summed E-state index contributed by atoms with van der Waals surface area (Å²) in [5.74, 6) is 0.284. The van der Waals surface area contributed by atoms with Crippen LogP contribution in [0.2, 0.25) is 0 Å². The molecular weight excluding hydrogens is 280 g/mol. The molecule has 20 heavy (non-hydrogen) atoms. The molecule has 0 aromatic rings. The highest BCUT2D eigenvalue weighted by molar-refractivity contribution is 7.80. The van der Waals surface area contributed by atoms with Gasteiger partial charge in [0.05, 0.1) is 39.6 Å². The molecule has 0 aliphatic rings. The Bertz CT molecular complexity index is 224. The normalized spacial score (nSPS) is 12.6. The molecule has 0 saturated heterocycles. The van der Waals surface area contributed by atoms with E-state index in [0.717, 1.165) is 12.8 Å². The molecular formula is C14H28O5S. The first-order chi connectivity index (χ1) is 9.66. The predicted octanol–water partition coefficient (Wildman–Crippen LogP) is 1.48. The number of rotatable bonds is 15. The third-order valence-corrected chi connectivity index (χ3v) is 2.82. The minimum atomic E-state index is 0.0364. The molecule has 0 aromatic heterocycles. The maximum Gasteiger partial charge on any atom is 0.133 e. The Hall–Kier alpha value is -0.140. The van der Waals surface area contributed by atoms with Gasteiger partial charge < -0.3 is 19.3 Å². The topological polar surface area (TPSA) is 65.0 Å². The van der Waals surface area contributed by atoms with Gasteiger partial charge in [0.1, 0.15) is 5.78 Å². The van der Waals surface area contributed by atoms with Crippen molar-refractivity contribution >= 4 is 18.4 Å². The molecule has 0 aromatic carbocycles. The molecule has 0 amide bonds. The highest BCUT2D eigenvalue weighted by Gasteiger charge is 2.03. The van der Waals surface area contributed by atoms with Crippen LogP contribution in [0.5, 0.6) is 0 Å². The summed E-state index contributed by atoms with van der Waals surface area (Å²) in [5.41, 5.74) is 0. The average molecular weight is 308 g/mol. The number of carbonyl (C=O) groups is 1. The van der Waals surface area contributed by atoms with Crippen molar-refractivity contribution in [3.63, 3.8) is 0 Å². The molecule has 0 aliphatic carbocycles. The van der Waals surface area contributed by atoms with Crippen molar-refractivity contribution < 1.29 is 24.1 Å². The van der Waals surface area contributed by atoms with Crippen molar-refractivity contribution in [3.8, 4) is 0 Å². The summed E-state index contributed by atoms with van der Waals surface area (Å²) in [6, 6.07) is 0. The minimum absolute atomic E-state index is 0.0364. The standard InChI is InChI=1S/C14H28O5S/c1-13(20)4-5-14(16)3-2-7-17-9-11-19-12-10-18-8-6-15/h13,15,20H,2-12H2,1H3. The van der Waals surface area contributed by atoms with E-state index in [1.54, 1.807) is 0 Å². The summed E-state index contributed by atoms with van der Waals surface area (Å²) >= 11 is 4.24. The second kappa shape index (κ2) is 15.3. The lowest BCUT2D eigenvalue weighted by Gasteiger charge is -2.06. The molecule has 0 bridgehead atoms. The van der Waals surface area contributed by atoms with Crippen molar-refractivity contribution in [3.05, 3.63) is 0 Å². The maximum absolute atomic E-state index is 11.5. The Labute approximate surface area is 127 Å². The Morgan fingerprint density at radius 2 is 1.55 bits per heavy atom. The zero-order valence-electron chi connectivity index (χ0n) is 12.4. The molecule has 0 rings (SSSR count). The fraction of sp³-hybridized carbons (Fsp3) is 0.929. The molecule has 1 unspecified atom stereocenters. The van der Waals surface area contributed by atoms with Crippen molar-refractivity contribution in [2.45, 2.75) is 37.9 Å². The molecule has 0 fully saturated rings. The average Bonchev–Trinajstić information content (AvgIpc) is 2.42. The van der Waals surface area contributed by atoms with Gasteiger partial charge in [0.15, 0.2) is 0 Å². The van der Waals surface area contributed by atoms with E-state index in [-0.39, 0.29) is 17.6 Å². The molecule has 6 heteroatoms. The Morgan fingerprint density at radius 3 is 2.10 bits per heavy atom. The van der Waals surface area contributed by atoms with Crippen LogP contribution in [0, 0.1) is 0 Å². The molecule has 0 spiro atoms. The van der Waals surface area contributed by atoms with Crippen molar-refractivity contribution in [1.29, 1.82) is 0 Å². The van der Waals surface area contributed by atoms with Gasteiger partial charge in [-0.3, -0.25) is 4.79 Å². The lowest BCUT2D eigenvalue weighted by Crippen LogP contribution is -2.11. The van der Waals surface area contributed by atoms with Crippen LogP contribution < -0.4 is 0 Å². The van der Waals surface area contributed by atoms with Crippen molar-refractivity contribution in [1.82, 2.24) is 0 Å². The first-order valence-electron chi connectivity index (χ1n) is 7.20. The number of hydrogen-bond donors (Lipinski definition) is 2. The SMILES string of the molecule is CC(S)CCC(=O)CCCOCCOCCOCCO. The first kappa shape index (κ1) is 19.9. The summed E-state index contributed by atoms with van der Waals surface area (Å²) < 4.78 is 15.7. The molecule has 5 nitrogen and oxygen atoms in total. The molecule has 1 N–H and O–H groups in total. The van der Waals surface area contributed by atoms with E-state index >= 15 is 0 Å². The van der Waals surface area contributed by atoms with E-state index < -0.39 is 0 Å². The van der Waals surface area contributed by atoms with E-state index in [9.17, 15) is 4.79 Å². The summed E-state index contributed by atoms with van der Waals surface area (Å²) in [7, 11) is 0. The molecule has 120 valence electrons. The van der Waals surface area contributed by atoms with Gasteiger partial charge in [-0.15, -0.1) is 0 Å². The quantitative estimate of drug-likeness (QED) is 0.354. The lowest BCUT2D eigenvalue weighted by molar-refractivity contribution is -0.119. The van der Waals surface area contributed by atoms with Crippen molar-refractivity contribution in [2.75, 3.05) is 46.2 Å². The third kappa shape index (κ3) is 15.9. The Balaban J connectivity index is 3.11. The second-order valence-corrected chi connectivity index (χ2v) is 5.47. The minimum Gasteiger partial charge on any atom is -0.394 e. The predicted molar refractivity (Wildman–Crippen MR) is 81.5 cm³/mol. The number of hydrogen-bond acceptors (Lipinski definition) is 6. The zero-order valence-corrected chi connectivity index (χ0v) is 13.3. The third-order valence-electron chi connectivity index (χ3n) is 2.56. The largest absolute Gasteiger partial charge is 0.394 e. The summed E-state index contributed by atoms with van der Waals surface area (Å²) in [6.07, 6.45) is 2.80. The molecule has 0 radical (unpaired) electrons. The van der Waals surface area contributed by atoms with Gasteiger partial charge in [0, 0.05) is 19.4 Å². The van der Waals surface area contributed by atoms with Crippen LogP contribution in [0.15, 0.2) is 0 Å². The number of ketones is 1. The molecule has 0 aliphatic heterocycles. The fourth-order valence-electron chi connectivity index (χ4n) is 1.47. The number of Topliss-reactive ketones (excluding diaryl/α,β-unsaturated/α-hetero) is 1. The van der Waals surface area contributed by atoms with E-state index in [0.29, 0.717) is 52.5 Å². The number of aliphatic hydroxyl groups is 1. The van der Waals surface area contributed by atoms with Gasteiger partial charge in [0.2, 0.25) is 0 Å². The van der Waals surface area contributed by atoms with Crippen LogP contribution in [0.1, 0.15) is 32.6 Å². The van der Waals surface area contributed by atoms with Crippen molar-refractivity contribution in [2.24, 2.45) is 0 Å². The van der Waals surface area contributed by atoms with Crippen LogP contribution in [0.3, 0.4) is 0 Å². The van der Waals surface area contributed by atoms with Crippen LogP contribution in [-0.2, 0) is 19.0 Å². The van der Waals surface area contributed by atoms with Crippen LogP contribution in [-0.4, -0.2) is 62.4 Å². The molecule has 0 saturated carbocycles. The fourth-order valence-corrected chi connectivity index (χ4v) is 1.60. The van der Waals surface area contributed by atoms with E-state index in [2.05, 4.69) is 12.6 Å². The summed E-state index contributed by atoms with van der Waals surface area (Å²) in [4.78, 5) is 11.5.